The molecule has 96 valence electrons. The molecule has 1 aromatic carbocycles. The monoisotopic (exact) mass is 256 g/mol. The van der Waals surface area contributed by atoms with Crippen LogP contribution in [-0.2, 0) is 6.42 Å². The van der Waals surface area contributed by atoms with Crippen molar-refractivity contribution in [1.29, 1.82) is 0 Å². The Balaban J connectivity index is 2.66. The lowest BCUT2D eigenvalue weighted by molar-refractivity contribution is 0.0130. The lowest BCUT2D eigenvalue weighted by Crippen LogP contribution is -2.25. The summed E-state index contributed by atoms with van der Waals surface area (Å²) in [5, 5.41) is 19.9. The van der Waals surface area contributed by atoms with Crippen LogP contribution in [0.5, 0.6) is 0 Å². The molecule has 0 fully saturated rings. The van der Waals surface area contributed by atoms with Crippen molar-refractivity contribution in [2.24, 2.45) is 0 Å². The molecule has 0 saturated carbocycles. The van der Waals surface area contributed by atoms with Crippen LogP contribution in [0, 0.1) is 13.8 Å². The minimum absolute atomic E-state index is 0.539. The molecule has 3 heteroatoms. The van der Waals surface area contributed by atoms with Gasteiger partial charge in [0.25, 0.3) is 0 Å². The summed E-state index contributed by atoms with van der Waals surface area (Å²) >= 11 is 6.15. The highest BCUT2D eigenvalue weighted by Crippen LogP contribution is 2.23. The molecule has 2 unspecified atom stereocenters. The highest BCUT2D eigenvalue weighted by Gasteiger charge is 2.14. The molecule has 0 heterocycles. The Kier molecular flexibility index (Phi) is 5.44. The van der Waals surface area contributed by atoms with Crippen LogP contribution in [0.15, 0.2) is 12.1 Å². The normalized spacial score (nSPS) is 14.7. The van der Waals surface area contributed by atoms with Crippen LogP contribution in [0.1, 0.15) is 36.5 Å². The summed E-state index contributed by atoms with van der Waals surface area (Å²) in [5.74, 6) is 0. The zero-order chi connectivity index (χ0) is 13.0. The maximum atomic E-state index is 9.70. The third-order valence-electron chi connectivity index (χ3n) is 3.23. The van der Waals surface area contributed by atoms with Crippen molar-refractivity contribution in [2.75, 3.05) is 0 Å². The maximum Gasteiger partial charge on any atom is 0.0802 e. The van der Waals surface area contributed by atoms with E-state index in [0.717, 1.165) is 10.6 Å². The largest absolute Gasteiger partial charge is 0.390 e. The van der Waals surface area contributed by atoms with E-state index in [-0.39, 0.29) is 0 Å². The van der Waals surface area contributed by atoms with Crippen molar-refractivity contribution in [3.8, 4) is 0 Å². The number of rotatable bonds is 5. The molecule has 1 rings (SSSR count). The van der Waals surface area contributed by atoms with E-state index in [4.69, 9.17) is 11.6 Å². The van der Waals surface area contributed by atoms with Crippen LogP contribution in [0.25, 0.3) is 0 Å². The summed E-state index contributed by atoms with van der Waals surface area (Å²) in [6.07, 6.45) is 0.495. The summed E-state index contributed by atoms with van der Waals surface area (Å²) in [6, 6.07) is 4.01. The van der Waals surface area contributed by atoms with E-state index in [1.165, 1.54) is 11.1 Å². The Labute approximate surface area is 108 Å². The highest BCUT2D eigenvalue weighted by atomic mass is 35.5. The van der Waals surface area contributed by atoms with Crippen molar-refractivity contribution in [1.82, 2.24) is 0 Å². The first-order valence-corrected chi connectivity index (χ1v) is 6.45. The summed E-state index contributed by atoms with van der Waals surface area (Å²) in [6.45, 7) is 5.93. The first-order valence-electron chi connectivity index (χ1n) is 6.07. The summed E-state index contributed by atoms with van der Waals surface area (Å²) in [4.78, 5) is 0. The quantitative estimate of drug-likeness (QED) is 0.850. The van der Waals surface area contributed by atoms with E-state index in [9.17, 15) is 10.2 Å². The topological polar surface area (TPSA) is 40.5 Å². The van der Waals surface area contributed by atoms with Gasteiger partial charge in [0.15, 0.2) is 0 Å². The van der Waals surface area contributed by atoms with Gasteiger partial charge in [-0.1, -0.05) is 24.6 Å². The van der Waals surface area contributed by atoms with Crippen molar-refractivity contribution in [3.05, 3.63) is 33.8 Å². The molecule has 0 aliphatic heterocycles. The molecule has 0 aromatic heterocycles. The molecule has 2 N–H and O–H groups in total. The van der Waals surface area contributed by atoms with Gasteiger partial charge in [-0.2, -0.15) is 0 Å². The van der Waals surface area contributed by atoms with Crippen LogP contribution in [0.4, 0.5) is 0 Å². The van der Waals surface area contributed by atoms with Gasteiger partial charge in [-0.05, 0) is 55.9 Å². The van der Waals surface area contributed by atoms with Gasteiger partial charge in [0.1, 0.15) is 0 Å². The standard InChI is InChI=1S/C14H21ClO2/c1-4-13(16)14(17)6-5-11-7-9(2)10(3)8-12(11)15/h7-8,13-14,16-17H,4-6H2,1-3H3. The Morgan fingerprint density at radius 2 is 1.71 bits per heavy atom. The number of halogens is 1. The predicted octanol–water partition coefficient (Wildman–Crippen LogP) is 3.02. The first kappa shape index (κ1) is 14.5. The summed E-state index contributed by atoms with van der Waals surface area (Å²) in [7, 11) is 0. The summed E-state index contributed by atoms with van der Waals surface area (Å²) < 4.78 is 0. The molecule has 0 radical (unpaired) electrons. The van der Waals surface area contributed by atoms with Crippen molar-refractivity contribution >= 4 is 11.6 Å². The van der Waals surface area contributed by atoms with Gasteiger partial charge in [0.05, 0.1) is 12.2 Å². The molecule has 0 saturated heterocycles. The number of aliphatic hydroxyl groups excluding tert-OH is 2. The number of aryl methyl sites for hydroxylation is 3. The van der Waals surface area contributed by atoms with E-state index in [1.54, 1.807) is 0 Å². The lowest BCUT2D eigenvalue weighted by Gasteiger charge is -2.16. The third kappa shape index (κ3) is 3.98. The second kappa shape index (κ2) is 6.39. The van der Waals surface area contributed by atoms with E-state index in [2.05, 4.69) is 6.07 Å². The third-order valence-corrected chi connectivity index (χ3v) is 3.59. The second-order valence-electron chi connectivity index (χ2n) is 4.61. The summed E-state index contributed by atoms with van der Waals surface area (Å²) in [5.41, 5.74) is 3.42. The van der Waals surface area contributed by atoms with E-state index in [0.29, 0.717) is 19.3 Å². The molecule has 0 aliphatic rings. The van der Waals surface area contributed by atoms with Gasteiger partial charge in [-0.15, -0.1) is 0 Å². The van der Waals surface area contributed by atoms with Gasteiger partial charge >= 0.3 is 0 Å². The van der Waals surface area contributed by atoms with Crippen molar-refractivity contribution in [3.63, 3.8) is 0 Å². The lowest BCUT2D eigenvalue weighted by atomic mass is 9.99. The Hall–Kier alpha value is -0.570. The predicted molar refractivity (Wildman–Crippen MR) is 71.6 cm³/mol. The van der Waals surface area contributed by atoms with Crippen LogP contribution < -0.4 is 0 Å². The molecule has 0 amide bonds. The van der Waals surface area contributed by atoms with E-state index in [1.807, 2.05) is 26.8 Å². The zero-order valence-corrected chi connectivity index (χ0v) is 11.5. The number of hydrogen-bond donors (Lipinski definition) is 2. The van der Waals surface area contributed by atoms with E-state index < -0.39 is 12.2 Å². The fraction of sp³-hybridized carbons (Fsp3) is 0.571. The first-order chi connectivity index (χ1) is 7.95. The Morgan fingerprint density at radius 3 is 2.29 bits per heavy atom. The molecule has 2 atom stereocenters. The smallest absolute Gasteiger partial charge is 0.0802 e. The molecular weight excluding hydrogens is 236 g/mol. The maximum absolute atomic E-state index is 9.70. The molecule has 0 aliphatic carbocycles. The van der Waals surface area contributed by atoms with Crippen molar-refractivity contribution < 1.29 is 10.2 Å². The number of hydrogen-bond acceptors (Lipinski definition) is 2. The van der Waals surface area contributed by atoms with Gasteiger partial charge < -0.3 is 10.2 Å². The van der Waals surface area contributed by atoms with Crippen LogP contribution in [0.3, 0.4) is 0 Å². The Bertz CT molecular complexity index is 377. The van der Waals surface area contributed by atoms with Crippen LogP contribution >= 0.6 is 11.6 Å². The molecular formula is C14H21ClO2. The molecule has 2 nitrogen and oxygen atoms in total. The highest BCUT2D eigenvalue weighted by molar-refractivity contribution is 6.31. The van der Waals surface area contributed by atoms with Gasteiger partial charge in [0, 0.05) is 5.02 Å². The van der Waals surface area contributed by atoms with Gasteiger partial charge in [-0.3, -0.25) is 0 Å². The van der Waals surface area contributed by atoms with Crippen LogP contribution in [0.2, 0.25) is 5.02 Å². The average Bonchev–Trinajstić information content (AvgIpc) is 2.30. The Morgan fingerprint density at radius 1 is 1.12 bits per heavy atom. The van der Waals surface area contributed by atoms with E-state index >= 15 is 0 Å². The van der Waals surface area contributed by atoms with Gasteiger partial charge in [0.2, 0.25) is 0 Å². The number of aliphatic hydroxyl groups is 2. The number of benzene rings is 1. The fourth-order valence-electron chi connectivity index (χ4n) is 1.80. The minimum Gasteiger partial charge on any atom is -0.390 e. The molecule has 0 spiro atoms. The average molecular weight is 257 g/mol. The van der Waals surface area contributed by atoms with Crippen LogP contribution in [-0.4, -0.2) is 22.4 Å². The minimum atomic E-state index is -0.669. The molecule has 0 bridgehead atoms. The zero-order valence-electron chi connectivity index (χ0n) is 10.7. The fourth-order valence-corrected chi connectivity index (χ4v) is 2.11. The second-order valence-corrected chi connectivity index (χ2v) is 5.02. The van der Waals surface area contributed by atoms with Gasteiger partial charge in [-0.25, -0.2) is 0 Å². The molecule has 17 heavy (non-hydrogen) atoms. The molecule has 1 aromatic rings. The SMILES string of the molecule is CCC(O)C(O)CCc1cc(C)c(C)cc1Cl. The van der Waals surface area contributed by atoms with Crippen molar-refractivity contribution in [2.45, 2.75) is 52.2 Å².